The number of aryl methyl sites for hydroxylation is 1. The van der Waals surface area contributed by atoms with Crippen LogP contribution in [0.5, 0.6) is 0 Å². The molecule has 1 nitrogen and oxygen atoms in total. The fourth-order valence-corrected chi connectivity index (χ4v) is 2.50. The third-order valence-corrected chi connectivity index (χ3v) is 4.04. The maximum atomic E-state index is 11.6. The average molecular weight is 202 g/mol. The second kappa shape index (κ2) is 3.48. The molecule has 0 N–H and O–H groups in total. The summed E-state index contributed by atoms with van der Waals surface area (Å²) in [6, 6.07) is 8.61. The lowest BCUT2D eigenvalue weighted by Gasteiger charge is -2.28. The van der Waals surface area contributed by atoms with Crippen LogP contribution in [0.2, 0.25) is 0 Å². The largest absolute Gasteiger partial charge is 0.299 e. The number of ketones is 1. The molecule has 0 spiro atoms. The molecule has 1 fully saturated rings. The van der Waals surface area contributed by atoms with Gasteiger partial charge in [-0.2, -0.15) is 0 Å². The SMILES string of the molecule is Cc1ccc([C@]2(C)CCC(=O)[C@@H]2C)cc1. The van der Waals surface area contributed by atoms with Crippen LogP contribution in [0.15, 0.2) is 24.3 Å². The summed E-state index contributed by atoms with van der Waals surface area (Å²) in [5, 5.41) is 0. The predicted octanol–water partition coefficient (Wildman–Crippen LogP) is 3.25. The lowest BCUT2D eigenvalue weighted by atomic mass is 9.74. The van der Waals surface area contributed by atoms with Crippen molar-refractivity contribution in [1.29, 1.82) is 0 Å². The summed E-state index contributed by atoms with van der Waals surface area (Å²) >= 11 is 0. The molecule has 0 radical (unpaired) electrons. The van der Waals surface area contributed by atoms with Gasteiger partial charge in [0.1, 0.15) is 5.78 Å². The summed E-state index contributed by atoms with van der Waals surface area (Å²) < 4.78 is 0. The molecular weight excluding hydrogens is 184 g/mol. The first-order valence-corrected chi connectivity index (χ1v) is 5.64. The maximum absolute atomic E-state index is 11.6. The van der Waals surface area contributed by atoms with E-state index in [1.54, 1.807) is 0 Å². The Kier molecular flexibility index (Phi) is 2.41. The van der Waals surface area contributed by atoms with Crippen LogP contribution in [0.25, 0.3) is 0 Å². The van der Waals surface area contributed by atoms with E-state index in [0.29, 0.717) is 5.78 Å². The van der Waals surface area contributed by atoms with E-state index in [1.807, 2.05) is 0 Å². The van der Waals surface area contributed by atoms with E-state index in [9.17, 15) is 4.79 Å². The van der Waals surface area contributed by atoms with Gasteiger partial charge in [-0.1, -0.05) is 43.7 Å². The molecule has 0 aliphatic heterocycles. The molecule has 1 heteroatoms. The summed E-state index contributed by atoms with van der Waals surface area (Å²) in [6.45, 7) is 6.37. The Morgan fingerprint density at radius 3 is 2.33 bits per heavy atom. The number of hydrogen-bond donors (Lipinski definition) is 0. The number of carbonyl (C=O) groups is 1. The van der Waals surface area contributed by atoms with Crippen molar-refractivity contribution >= 4 is 5.78 Å². The Balaban J connectivity index is 2.38. The molecule has 0 unspecified atom stereocenters. The van der Waals surface area contributed by atoms with Crippen molar-refractivity contribution in [2.24, 2.45) is 5.92 Å². The van der Waals surface area contributed by atoms with Crippen molar-refractivity contribution in [1.82, 2.24) is 0 Å². The van der Waals surface area contributed by atoms with Crippen LogP contribution in [0, 0.1) is 12.8 Å². The standard InChI is InChI=1S/C14H18O/c1-10-4-6-12(7-5-10)14(3)9-8-13(15)11(14)2/h4-7,11H,8-9H2,1-3H3/t11-,14+/m0/s1. The minimum atomic E-state index is 0.0603. The Morgan fingerprint density at radius 1 is 1.27 bits per heavy atom. The van der Waals surface area contributed by atoms with Gasteiger partial charge in [0.2, 0.25) is 0 Å². The monoisotopic (exact) mass is 202 g/mol. The summed E-state index contributed by atoms with van der Waals surface area (Å²) in [7, 11) is 0. The van der Waals surface area contributed by atoms with Crippen LogP contribution in [0.3, 0.4) is 0 Å². The Bertz CT molecular complexity index is 377. The van der Waals surface area contributed by atoms with Crippen LogP contribution in [0.1, 0.15) is 37.8 Å². The van der Waals surface area contributed by atoms with Crippen LogP contribution in [-0.4, -0.2) is 5.78 Å². The van der Waals surface area contributed by atoms with E-state index in [-0.39, 0.29) is 11.3 Å². The third-order valence-electron chi connectivity index (χ3n) is 4.04. The zero-order valence-electron chi connectivity index (χ0n) is 9.71. The molecule has 1 aromatic rings. The van der Waals surface area contributed by atoms with E-state index in [0.717, 1.165) is 12.8 Å². The van der Waals surface area contributed by atoms with Gasteiger partial charge in [-0.3, -0.25) is 4.79 Å². The van der Waals surface area contributed by atoms with E-state index in [1.165, 1.54) is 11.1 Å². The van der Waals surface area contributed by atoms with Gasteiger partial charge in [-0.15, -0.1) is 0 Å². The molecule has 1 aliphatic carbocycles. The van der Waals surface area contributed by atoms with Crippen molar-refractivity contribution in [2.45, 2.75) is 39.0 Å². The minimum Gasteiger partial charge on any atom is -0.299 e. The van der Waals surface area contributed by atoms with Crippen molar-refractivity contribution in [3.63, 3.8) is 0 Å². The summed E-state index contributed by atoms with van der Waals surface area (Å²) in [5.41, 5.74) is 2.65. The van der Waals surface area contributed by atoms with Gasteiger partial charge < -0.3 is 0 Å². The molecule has 2 rings (SSSR count). The minimum absolute atomic E-state index is 0.0603. The molecule has 1 aromatic carbocycles. The number of hydrogen-bond acceptors (Lipinski definition) is 1. The highest BCUT2D eigenvalue weighted by atomic mass is 16.1. The first-order valence-electron chi connectivity index (χ1n) is 5.64. The van der Waals surface area contributed by atoms with Crippen LogP contribution < -0.4 is 0 Å². The molecular formula is C14H18O. The van der Waals surface area contributed by atoms with Crippen LogP contribution in [-0.2, 0) is 10.2 Å². The molecule has 0 aromatic heterocycles. The molecule has 0 saturated heterocycles. The third kappa shape index (κ3) is 1.60. The fourth-order valence-electron chi connectivity index (χ4n) is 2.50. The van der Waals surface area contributed by atoms with Crippen molar-refractivity contribution in [2.75, 3.05) is 0 Å². The summed E-state index contributed by atoms with van der Waals surface area (Å²) in [6.07, 6.45) is 1.74. The van der Waals surface area contributed by atoms with E-state index >= 15 is 0 Å². The van der Waals surface area contributed by atoms with Crippen molar-refractivity contribution in [3.8, 4) is 0 Å². The average Bonchev–Trinajstić information content (AvgIpc) is 2.48. The second-order valence-corrected chi connectivity index (χ2v) is 4.97. The normalized spacial score (nSPS) is 30.9. The molecule has 1 saturated carbocycles. The number of Topliss-reactive ketones (excluding diaryl/α,β-unsaturated/α-hetero) is 1. The van der Waals surface area contributed by atoms with Crippen LogP contribution >= 0.6 is 0 Å². The Labute approximate surface area is 91.5 Å². The highest BCUT2D eigenvalue weighted by Crippen LogP contribution is 2.43. The van der Waals surface area contributed by atoms with Crippen molar-refractivity contribution < 1.29 is 4.79 Å². The highest BCUT2D eigenvalue weighted by Gasteiger charge is 2.42. The maximum Gasteiger partial charge on any atom is 0.136 e. The lowest BCUT2D eigenvalue weighted by Crippen LogP contribution is -2.27. The van der Waals surface area contributed by atoms with Crippen LogP contribution in [0.4, 0.5) is 0 Å². The van der Waals surface area contributed by atoms with Gasteiger partial charge in [0.25, 0.3) is 0 Å². The van der Waals surface area contributed by atoms with Gasteiger partial charge in [0, 0.05) is 17.8 Å². The van der Waals surface area contributed by atoms with E-state index in [4.69, 9.17) is 0 Å². The Hall–Kier alpha value is -1.11. The Morgan fingerprint density at radius 2 is 1.87 bits per heavy atom. The summed E-state index contributed by atoms with van der Waals surface area (Å²) in [4.78, 5) is 11.6. The zero-order valence-corrected chi connectivity index (χ0v) is 9.71. The molecule has 15 heavy (non-hydrogen) atoms. The van der Waals surface area contributed by atoms with Gasteiger partial charge in [-0.25, -0.2) is 0 Å². The number of benzene rings is 1. The zero-order chi connectivity index (χ0) is 11.1. The first-order chi connectivity index (χ1) is 7.04. The molecule has 0 heterocycles. The number of carbonyl (C=O) groups excluding carboxylic acids is 1. The van der Waals surface area contributed by atoms with Gasteiger partial charge in [0.05, 0.1) is 0 Å². The molecule has 80 valence electrons. The number of rotatable bonds is 1. The van der Waals surface area contributed by atoms with Gasteiger partial charge in [-0.05, 0) is 18.9 Å². The lowest BCUT2D eigenvalue weighted by molar-refractivity contribution is -0.120. The van der Waals surface area contributed by atoms with Gasteiger partial charge >= 0.3 is 0 Å². The summed E-state index contributed by atoms with van der Waals surface area (Å²) in [5.74, 6) is 0.582. The smallest absolute Gasteiger partial charge is 0.136 e. The van der Waals surface area contributed by atoms with E-state index in [2.05, 4.69) is 45.0 Å². The quantitative estimate of drug-likeness (QED) is 0.683. The fraction of sp³-hybridized carbons (Fsp3) is 0.500. The topological polar surface area (TPSA) is 17.1 Å². The predicted molar refractivity (Wildman–Crippen MR) is 61.9 cm³/mol. The highest BCUT2D eigenvalue weighted by molar-refractivity contribution is 5.85. The first kappa shape index (κ1) is 10.4. The molecule has 0 amide bonds. The van der Waals surface area contributed by atoms with Gasteiger partial charge in [0.15, 0.2) is 0 Å². The molecule has 0 bridgehead atoms. The van der Waals surface area contributed by atoms with Crippen molar-refractivity contribution in [3.05, 3.63) is 35.4 Å². The van der Waals surface area contributed by atoms with E-state index < -0.39 is 0 Å². The second-order valence-electron chi connectivity index (χ2n) is 4.97. The molecule has 2 atom stereocenters. The molecule has 1 aliphatic rings.